The lowest BCUT2D eigenvalue weighted by Gasteiger charge is -2.18. The van der Waals surface area contributed by atoms with Gasteiger partial charge >= 0.3 is 19.8 Å². The number of ether oxygens (including phenoxy) is 1. The molecule has 11 nitrogen and oxygen atoms in total. The Labute approximate surface area is 342 Å². The number of phosphoric ester groups is 1. The number of esters is 1. The summed E-state index contributed by atoms with van der Waals surface area (Å²) in [6.07, 6.45) is 38.7. The Balaban J connectivity index is 3.76. The number of amides is 1. The van der Waals surface area contributed by atoms with E-state index in [-0.39, 0.29) is 12.8 Å². The Hall–Kier alpha value is -1.52. The fourth-order valence-corrected chi connectivity index (χ4v) is 7.56. The third-order valence-electron chi connectivity index (χ3n) is 10.4. The van der Waals surface area contributed by atoms with Crippen molar-refractivity contribution < 1.29 is 47.8 Å². The van der Waals surface area contributed by atoms with Crippen LogP contribution in [0, 0.1) is 0 Å². The maximum Gasteiger partial charge on any atom is 0.472 e. The molecule has 0 aromatic carbocycles. The van der Waals surface area contributed by atoms with E-state index in [1.807, 2.05) is 0 Å². The Morgan fingerprint density at radius 1 is 0.500 bits per heavy atom. The highest BCUT2D eigenvalue weighted by Crippen LogP contribution is 2.43. The van der Waals surface area contributed by atoms with Gasteiger partial charge in [-0.3, -0.25) is 18.6 Å². The van der Waals surface area contributed by atoms with Gasteiger partial charge in [-0.2, -0.15) is 0 Å². The zero-order valence-corrected chi connectivity index (χ0v) is 36.9. The second-order valence-electron chi connectivity index (χ2n) is 16.0. The number of hydrogen-bond acceptors (Lipinski definition) is 8. The molecule has 0 rings (SSSR count). The number of unbranched alkanes of at least 4 members (excludes halogenated alkanes) is 30. The van der Waals surface area contributed by atoms with Crippen molar-refractivity contribution in [2.45, 2.75) is 244 Å². The number of nitrogens with one attached hydrogen (secondary N) is 1. The van der Waals surface area contributed by atoms with E-state index in [2.05, 4.69) is 19.2 Å². The van der Waals surface area contributed by atoms with E-state index in [1.165, 1.54) is 154 Å². The van der Waals surface area contributed by atoms with E-state index in [9.17, 15) is 34.1 Å². The second kappa shape index (κ2) is 40.3. The van der Waals surface area contributed by atoms with Gasteiger partial charge in [-0.05, 0) is 12.8 Å². The van der Waals surface area contributed by atoms with Gasteiger partial charge in [0.05, 0.1) is 13.2 Å². The van der Waals surface area contributed by atoms with E-state index in [4.69, 9.17) is 13.8 Å². The lowest BCUT2D eigenvalue weighted by Crippen LogP contribution is -2.43. The molecular weight excluding hydrogens is 733 g/mol. The summed E-state index contributed by atoms with van der Waals surface area (Å²) in [7, 11) is -4.74. The first kappa shape index (κ1) is 54.5. The first-order chi connectivity index (χ1) is 27.1. The minimum atomic E-state index is -4.74. The molecule has 0 saturated heterocycles. The minimum absolute atomic E-state index is 0.153. The highest BCUT2D eigenvalue weighted by molar-refractivity contribution is 7.47. The Bertz CT molecular complexity index is 968. The quantitative estimate of drug-likeness (QED) is 0.0264. The van der Waals surface area contributed by atoms with Gasteiger partial charge in [0.2, 0.25) is 5.91 Å². The van der Waals surface area contributed by atoms with Crippen molar-refractivity contribution in [2.24, 2.45) is 0 Å². The summed E-state index contributed by atoms with van der Waals surface area (Å²) in [5, 5.41) is 21.8. The lowest BCUT2D eigenvalue weighted by molar-refractivity contribution is -0.147. The molecular formula is C44H86NO10P. The van der Waals surface area contributed by atoms with Gasteiger partial charge in [0.1, 0.15) is 12.7 Å². The topological polar surface area (TPSA) is 169 Å². The predicted molar refractivity (Wildman–Crippen MR) is 227 cm³/mol. The minimum Gasteiger partial charge on any atom is -0.480 e. The van der Waals surface area contributed by atoms with Crippen molar-refractivity contribution in [3.63, 3.8) is 0 Å². The molecule has 3 atom stereocenters. The fourth-order valence-electron chi connectivity index (χ4n) is 6.79. The van der Waals surface area contributed by atoms with Crippen LogP contribution >= 0.6 is 7.82 Å². The number of hydrogen-bond donors (Lipinski definition) is 4. The third kappa shape index (κ3) is 39.3. The molecule has 56 heavy (non-hydrogen) atoms. The van der Waals surface area contributed by atoms with Crippen LogP contribution in [0.5, 0.6) is 0 Å². The molecule has 0 fully saturated rings. The van der Waals surface area contributed by atoms with E-state index < -0.39 is 57.6 Å². The molecule has 0 spiro atoms. The number of phosphoric acid groups is 1. The fraction of sp³-hybridized carbons (Fsp3) is 0.932. The summed E-state index contributed by atoms with van der Waals surface area (Å²) in [4.78, 5) is 45.8. The number of aliphatic hydroxyl groups excluding tert-OH is 1. The molecule has 0 radical (unpaired) electrons. The molecule has 0 aliphatic carbocycles. The van der Waals surface area contributed by atoms with Gasteiger partial charge in [-0.15, -0.1) is 0 Å². The number of carbonyl (C=O) groups is 3. The van der Waals surface area contributed by atoms with Gasteiger partial charge in [0, 0.05) is 12.8 Å². The van der Waals surface area contributed by atoms with Crippen LogP contribution in [0.15, 0.2) is 0 Å². The van der Waals surface area contributed by atoms with E-state index >= 15 is 0 Å². The SMILES string of the molecule is CCCCCCCCCCCCCCCCCCCCCCCCCCC(=O)NC(COP(=O)(O)OCC(O)COC(=O)CCCCCCCCCC)C(=O)O. The monoisotopic (exact) mass is 820 g/mol. The number of carboxylic acids is 1. The average Bonchev–Trinajstić information content (AvgIpc) is 3.17. The average molecular weight is 820 g/mol. The van der Waals surface area contributed by atoms with Crippen molar-refractivity contribution in [3.8, 4) is 0 Å². The highest BCUT2D eigenvalue weighted by Gasteiger charge is 2.28. The van der Waals surface area contributed by atoms with Gasteiger partial charge < -0.3 is 25.2 Å². The van der Waals surface area contributed by atoms with Crippen molar-refractivity contribution >= 4 is 25.7 Å². The first-order valence-corrected chi connectivity index (χ1v) is 24.6. The standard InChI is InChI=1S/C44H86NO10P/c1-3-5-7-9-11-13-14-15-16-17-18-19-20-21-22-23-24-25-26-27-28-29-31-33-35-42(47)45-41(44(49)50)39-55-56(51,52)54-38-40(46)37-53-43(48)36-34-32-30-12-10-8-6-4-2/h40-41,46H,3-39H2,1-2H3,(H,45,47)(H,49,50)(H,51,52). The Morgan fingerprint density at radius 3 is 1.18 bits per heavy atom. The molecule has 0 bridgehead atoms. The molecule has 332 valence electrons. The normalized spacial score (nSPS) is 13.6. The van der Waals surface area contributed by atoms with E-state index in [0.29, 0.717) is 12.8 Å². The van der Waals surface area contributed by atoms with Crippen LogP contribution in [0.3, 0.4) is 0 Å². The first-order valence-electron chi connectivity index (χ1n) is 23.1. The molecule has 0 aromatic rings. The van der Waals surface area contributed by atoms with Crippen molar-refractivity contribution in [3.05, 3.63) is 0 Å². The molecule has 0 aliphatic rings. The number of carbonyl (C=O) groups excluding carboxylic acids is 2. The molecule has 3 unspecified atom stereocenters. The summed E-state index contributed by atoms with van der Waals surface area (Å²) in [5.74, 6) is -2.36. The van der Waals surface area contributed by atoms with Gasteiger partial charge in [-0.1, -0.05) is 206 Å². The summed E-state index contributed by atoms with van der Waals surface area (Å²) < 4.78 is 26.7. The van der Waals surface area contributed by atoms with Crippen LogP contribution in [-0.4, -0.2) is 64.9 Å². The smallest absolute Gasteiger partial charge is 0.472 e. The predicted octanol–water partition coefficient (Wildman–Crippen LogP) is 11.9. The van der Waals surface area contributed by atoms with Crippen LogP contribution in [0.1, 0.15) is 232 Å². The summed E-state index contributed by atoms with van der Waals surface area (Å²) in [5.41, 5.74) is 0. The van der Waals surface area contributed by atoms with Crippen molar-refractivity contribution in [1.82, 2.24) is 5.32 Å². The Kier molecular flexibility index (Phi) is 39.2. The number of aliphatic hydroxyl groups is 1. The summed E-state index contributed by atoms with van der Waals surface area (Å²) in [6, 6.07) is -1.54. The van der Waals surface area contributed by atoms with Crippen molar-refractivity contribution in [1.29, 1.82) is 0 Å². The largest absolute Gasteiger partial charge is 0.480 e. The molecule has 12 heteroatoms. The van der Waals surface area contributed by atoms with E-state index in [1.54, 1.807) is 0 Å². The molecule has 0 saturated carbocycles. The molecule has 4 N–H and O–H groups in total. The molecule has 1 amide bonds. The van der Waals surface area contributed by atoms with Crippen LogP contribution in [-0.2, 0) is 32.7 Å². The van der Waals surface area contributed by atoms with Gasteiger partial charge in [-0.25, -0.2) is 9.36 Å². The van der Waals surface area contributed by atoms with Gasteiger partial charge in [0.25, 0.3) is 0 Å². The lowest BCUT2D eigenvalue weighted by atomic mass is 10.0. The zero-order chi connectivity index (χ0) is 41.4. The Morgan fingerprint density at radius 2 is 0.821 bits per heavy atom. The van der Waals surface area contributed by atoms with Crippen molar-refractivity contribution in [2.75, 3.05) is 19.8 Å². The second-order valence-corrected chi connectivity index (χ2v) is 17.4. The van der Waals surface area contributed by atoms with Crippen LogP contribution < -0.4 is 5.32 Å². The van der Waals surface area contributed by atoms with Gasteiger partial charge in [0.15, 0.2) is 6.04 Å². The summed E-state index contributed by atoms with van der Waals surface area (Å²) in [6.45, 7) is 2.58. The zero-order valence-electron chi connectivity index (χ0n) is 36.0. The molecule has 0 heterocycles. The van der Waals surface area contributed by atoms with E-state index in [0.717, 1.165) is 38.5 Å². The number of carboxylic acid groups (broad SMARTS) is 1. The highest BCUT2D eigenvalue weighted by atomic mass is 31.2. The van der Waals surface area contributed by atoms with Crippen LogP contribution in [0.4, 0.5) is 0 Å². The third-order valence-corrected chi connectivity index (χ3v) is 11.3. The van der Waals surface area contributed by atoms with Crippen LogP contribution in [0.2, 0.25) is 0 Å². The maximum absolute atomic E-state index is 12.3. The number of rotatable bonds is 44. The maximum atomic E-state index is 12.3. The number of aliphatic carboxylic acids is 1. The molecule has 0 aromatic heterocycles. The van der Waals surface area contributed by atoms with Crippen LogP contribution in [0.25, 0.3) is 0 Å². The molecule has 0 aliphatic heterocycles. The summed E-state index contributed by atoms with van der Waals surface area (Å²) >= 11 is 0.